The molecule has 0 aliphatic rings. The lowest BCUT2D eigenvalue weighted by molar-refractivity contribution is 0.0335. The quantitative estimate of drug-likeness (QED) is 0.592. The molecule has 3 nitrogen and oxygen atoms in total. The van der Waals surface area contributed by atoms with Gasteiger partial charge < -0.3 is 9.64 Å². The third-order valence-corrected chi connectivity index (χ3v) is 4.24. The number of hydrogen-bond donors (Lipinski definition) is 0. The van der Waals surface area contributed by atoms with E-state index in [-0.39, 0.29) is 18.2 Å². The van der Waals surface area contributed by atoms with Crippen molar-refractivity contribution in [3.63, 3.8) is 0 Å². The van der Waals surface area contributed by atoms with E-state index in [2.05, 4.69) is 18.7 Å². The van der Waals surface area contributed by atoms with E-state index < -0.39 is 6.10 Å². The summed E-state index contributed by atoms with van der Waals surface area (Å²) in [5, 5.41) is 0. The molecular formula is C21H28ClNO2. The number of halogens is 1. The SMILES string of the molecule is CCN(CC)CCOC(Cc1ccccc1)C(=O)c1ccccc1.Cl. The van der Waals surface area contributed by atoms with Crippen molar-refractivity contribution in [3.05, 3.63) is 71.8 Å². The molecule has 0 amide bonds. The Labute approximate surface area is 157 Å². The van der Waals surface area contributed by atoms with Crippen molar-refractivity contribution in [2.24, 2.45) is 0 Å². The van der Waals surface area contributed by atoms with Gasteiger partial charge in [0.05, 0.1) is 6.61 Å². The summed E-state index contributed by atoms with van der Waals surface area (Å²) in [4.78, 5) is 15.1. The average Bonchev–Trinajstić information content (AvgIpc) is 2.65. The highest BCUT2D eigenvalue weighted by Crippen LogP contribution is 2.12. The second-order valence-electron chi connectivity index (χ2n) is 5.81. The van der Waals surface area contributed by atoms with Crippen LogP contribution in [0, 0.1) is 0 Å². The summed E-state index contributed by atoms with van der Waals surface area (Å²) >= 11 is 0. The molecule has 0 aliphatic heterocycles. The number of Topliss-reactive ketones (excluding diaryl/α,β-unsaturated/α-hetero) is 1. The van der Waals surface area contributed by atoms with Crippen LogP contribution in [0.3, 0.4) is 0 Å². The Morgan fingerprint density at radius 1 is 0.960 bits per heavy atom. The number of carbonyl (C=O) groups is 1. The van der Waals surface area contributed by atoms with Gasteiger partial charge in [-0.1, -0.05) is 74.5 Å². The first-order chi connectivity index (χ1) is 11.7. The smallest absolute Gasteiger partial charge is 0.191 e. The molecule has 0 spiro atoms. The van der Waals surface area contributed by atoms with Crippen LogP contribution in [-0.2, 0) is 11.2 Å². The standard InChI is InChI=1S/C21H27NO2.ClH/c1-3-22(4-2)15-16-24-20(17-18-11-7-5-8-12-18)21(23)19-13-9-6-10-14-19;/h5-14,20H,3-4,15-17H2,1-2H3;1H. The van der Waals surface area contributed by atoms with Gasteiger partial charge in [0.15, 0.2) is 5.78 Å². The van der Waals surface area contributed by atoms with Crippen molar-refractivity contribution in [2.75, 3.05) is 26.2 Å². The molecule has 2 aromatic rings. The Morgan fingerprint density at radius 3 is 2.08 bits per heavy atom. The molecule has 0 aliphatic carbocycles. The van der Waals surface area contributed by atoms with Gasteiger partial charge >= 0.3 is 0 Å². The van der Waals surface area contributed by atoms with Crippen LogP contribution in [0.2, 0.25) is 0 Å². The minimum absolute atomic E-state index is 0. The van der Waals surface area contributed by atoms with Gasteiger partial charge in [-0.3, -0.25) is 4.79 Å². The van der Waals surface area contributed by atoms with Crippen LogP contribution in [0.5, 0.6) is 0 Å². The van der Waals surface area contributed by atoms with E-state index in [1.165, 1.54) is 0 Å². The minimum Gasteiger partial charge on any atom is -0.368 e. The van der Waals surface area contributed by atoms with Crippen LogP contribution in [0.25, 0.3) is 0 Å². The van der Waals surface area contributed by atoms with E-state index in [4.69, 9.17) is 4.74 Å². The van der Waals surface area contributed by atoms with Crippen LogP contribution in [-0.4, -0.2) is 43.0 Å². The fraction of sp³-hybridized carbons (Fsp3) is 0.381. The molecule has 4 heteroatoms. The second kappa shape index (κ2) is 11.8. The maximum Gasteiger partial charge on any atom is 0.191 e. The number of ketones is 1. The highest BCUT2D eigenvalue weighted by molar-refractivity contribution is 5.99. The van der Waals surface area contributed by atoms with Gasteiger partial charge in [-0.2, -0.15) is 0 Å². The first kappa shape index (κ1) is 21.4. The van der Waals surface area contributed by atoms with E-state index in [9.17, 15) is 4.79 Å². The highest BCUT2D eigenvalue weighted by Gasteiger charge is 2.21. The minimum atomic E-state index is -0.439. The topological polar surface area (TPSA) is 29.5 Å². The lowest BCUT2D eigenvalue weighted by Gasteiger charge is -2.21. The molecule has 0 radical (unpaired) electrons. The molecule has 2 aromatic carbocycles. The van der Waals surface area contributed by atoms with Gasteiger partial charge in [0.2, 0.25) is 0 Å². The number of nitrogens with zero attached hydrogens (tertiary/aromatic N) is 1. The van der Waals surface area contributed by atoms with Gasteiger partial charge in [0.25, 0.3) is 0 Å². The number of likely N-dealkylation sites (N-methyl/N-ethyl adjacent to an activating group) is 1. The van der Waals surface area contributed by atoms with E-state index >= 15 is 0 Å². The Bertz CT molecular complexity index is 600. The monoisotopic (exact) mass is 361 g/mol. The molecule has 0 saturated heterocycles. The number of hydrogen-bond acceptors (Lipinski definition) is 3. The molecule has 0 N–H and O–H groups in total. The molecule has 1 unspecified atom stereocenters. The van der Waals surface area contributed by atoms with Crippen molar-refractivity contribution in [1.29, 1.82) is 0 Å². The molecule has 136 valence electrons. The van der Waals surface area contributed by atoms with Crippen molar-refractivity contribution in [3.8, 4) is 0 Å². The maximum absolute atomic E-state index is 12.8. The maximum atomic E-state index is 12.8. The summed E-state index contributed by atoms with van der Waals surface area (Å²) < 4.78 is 6.01. The third-order valence-electron chi connectivity index (χ3n) is 4.24. The van der Waals surface area contributed by atoms with E-state index in [1.54, 1.807) is 0 Å². The molecular weight excluding hydrogens is 334 g/mol. The average molecular weight is 362 g/mol. The zero-order valence-electron chi connectivity index (χ0n) is 15.1. The molecule has 0 heterocycles. The Balaban J connectivity index is 0.00000312. The second-order valence-corrected chi connectivity index (χ2v) is 5.81. The van der Waals surface area contributed by atoms with Crippen molar-refractivity contribution >= 4 is 18.2 Å². The lowest BCUT2D eigenvalue weighted by Crippen LogP contribution is -2.32. The molecule has 0 fully saturated rings. The molecule has 25 heavy (non-hydrogen) atoms. The molecule has 0 saturated carbocycles. The molecule has 0 bridgehead atoms. The summed E-state index contributed by atoms with van der Waals surface area (Å²) in [7, 11) is 0. The Hall–Kier alpha value is -1.68. The largest absolute Gasteiger partial charge is 0.368 e. The van der Waals surface area contributed by atoms with Crippen molar-refractivity contribution in [1.82, 2.24) is 4.90 Å². The fourth-order valence-electron chi connectivity index (χ4n) is 2.71. The van der Waals surface area contributed by atoms with Crippen molar-refractivity contribution in [2.45, 2.75) is 26.4 Å². The van der Waals surface area contributed by atoms with E-state index in [0.717, 1.165) is 25.2 Å². The van der Waals surface area contributed by atoms with Crippen LogP contribution in [0.1, 0.15) is 29.8 Å². The molecule has 0 aromatic heterocycles. The summed E-state index contributed by atoms with van der Waals surface area (Å²) in [6, 6.07) is 19.5. The summed E-state index contributed by atoms with van der Waals surface area (Å²) in [5.41, 5.74) is 1.83. The first-order valence-corrected chi connectivity index (χ1v) is 8.71. The fourth-order valence-corrected chi connectivity index (χ4v) is 2.71. The number of benzene rings is 2. The van der Waals surface area contributed by atoms with Crippen LogP contribution in [0.4, 0.5) is 0 Å². The van der Waals surface area contributed by atoms with Gasteiger partial charge in [-0.05, 0) is 18.7 Å². The van der Waals surface area contributed by atoms with Crippen LogP contribution >= 0.6 is 12.4 Å². The molecule has 2 rings (SSSR count). The van der Waals surface area contributed by atoms with Gasteiger partial charge in [0.1, 0.15) is 6.10 Å². The number of rotatable bonds is 10. The Morgan fingerprint density at radius 2 is 1.52 bits per heavy atom. The van der Waals surface area contributed by atoms with Crippen molar-refractivity contribution < 1.29 is 9.53 Å². The Kier molecular flexibility index (Phi) is 10.1. The summed E-state index contributed by atoms with van der Waals surface area (Å²) in [6.45, 7) is 7.68. The first-order valence-electron chi connectivity index (χ1n) is 8.71. The van der Waals surface area contributed by atoms with E-state index in [0.29, 0.717) is 18.6 Å². The predicted molar refractivity (Wildman–Crippen MR) is 106 cm³/mol. The van der Waals surface area contributed by atoms with Crippen LogP contribution < -0.4 is 0 Å². The normalized spacial score (nSPS) is 11.8. The van der Waals surface area contributed by atoms with E-state index in [1.807, 2.05) is 60.7 Å². The third kappa shape index (κ3) is 6.99. The van der Waals surface area contributed by atoms with Gasteiger partial charge in [0, 0.05) is 18.5 Å². The number of ether oxygens (including phenoxy) is 1. The van der Waals surface area contributed by atoms with Gasteiger partial charge in [-0.25, -0.2) is 0 Å². The highest BCUT2D eigenvalue weighted by atomic mass is 35.5. The summed E-state index contributed by atoms with van der Waals surface area (Å²) in [5.74, 6) is 0.0546. The molecule has 1 atom stereocenters. The van der Waals surface area contributed by atoms with Crippen LogP contribution in [0.15, 0.2) is 60.7 Å². The zero-order valence-corrected chi connectivity index (χ0v) is 15.9. The summed E-state index contributed by atoms with van der Waals surface area (Å²) in [6.07, 6.45) is 0.165. The van der Waals surface area contributed by atoms with Gasteiger partial charge in [-0.15, -0.1) is 12.4 Å². The zero-order chi connectivity index (χ0) is 17.2. The predicted octanol–water partition coefficient (Wildman–Crippen LogP) is 4.26. The number of carbonyl (C=O) groups excluding carboxylic acids is 1. The lowest BCUT2D eigenvalue weighted by atomic mass is 10.00.